The van der Waals surface area contributed by atoms with Gasteiger partial charge in [0.2, 0.25) is 0 Å². The zero-order valence-corrected chi connectivity index (χ0v) is 8.76. The molecule has 0 bridgehead atoms. The molecule has 0 amide bonds. The van der Waals surface area contributed by atoms with Crippen LogP contribution in [-0.4, -0.2) is 23.3 Å². The second-order valence-electron chi connectivity index (χ2n) is 5.21. The topological polar surface area (TPSA) is 23.1 Å². The van der Waals surface area contributed by atoms with Crippen LogP contribution in [0, 0.1) is 11.1 Å². The number of likely N-dealkylation sites (tertiary alicyclic amines) is 1. The summed E-state index contributed by atoms with van der Waals surface area (Å²) in [6, 6.07) is 0. The molecule has 0 aromatic heterocycles. The Bertz CT molecular complexity index is 162. The van der Waals surface area contributed by atoms with Crippen LogP contribution in [0.25, 0.3) is 0 Å². The third-order valence-electron chi connectivity index (χ3n) is 3.05. The van der Waals surface area contributed by atoms with E-state index in [0.29, 0.717) is 5.92 Å². The minimum atomic E-state index is -0.130. The summed E-state index contributed by atoms with van der Waals surface area (Å²) in [5, 5.41) is 12.3. The first-order chi connectivity index (χ1) is 5.35. The highest BCUT2D eigenvalue weighted by atomic mass is 16.6. The molecule has 0 N–H and O–H groups in total. The summed E-state index contributed by atoms with van der Waals surface area (Å²) in [5.74, 6) is 0.607. The van der Waals surface area contributed by atoms with E-state index in [0.717, 1.165) is 19.5 Å². The second-order valence-corrected chi connectivity index (χ2v) is 5.21. The molecule has 0 spiro atoms. The highest BCUT2D eigenvalue weighted by molar-refractivity contribution is 4.70. The van der Waals surface area contributed by atoms with Gasteiger partial charge in [0.05, 0.1) is 18.6 Å². The van der Waals surface area contributed by atoms with E-state index in [1.807, 2.05) is 0 Å². The fraction of sp³-hybridized carbons (Fsp3) is 1.00. The summed E-state index contributed by atoms with van der Waals surface area (Å²) >= 11 is 0. The maximum absolute atomic E-state index is 12.3. The minimum absolute atomic E-state index is 0.00810. The normalized spacial score (nSPS) is 38.2. The summed E-state index contributed by atoms with van der Waals surface area (Å²) in [6.07, 6.45) is 2.33. The van der Waals surface area contributed by atoms with Crippen LogP contribution >= 0.6 is 0 Å². The molecule has 1 heterocycles. The lowest BCUT2D eigenvalue weighted by molar-refractivity contribution is -0.933. The summed E-state index contributed by atoms with van der Waals surface area (Å²) in [7, 11) is 0. The molecule has 0 aromatic rings. The molecule has 72 valence electrons. The third kappa shape index (κ3) is 1.80. The molecule has 0 aliphatic carbocycles. The van der Waals surface area contributed by atoms with Crippen LogP contribution in [0.1, 0.15) is 40.5 Å². The Morgan fingerprint density at radius 1 is 1.33 bits per heavy atom. The number of hydrogen-bond acceptors (Lipinski definition) is 1. The van der Waals surface area contributed by atoms with Gasteiger partial charge in [-0.15, -0.1) is 0 Å². The Hall–Kier alpha value is -0.0800. The van der Waals surface area contributed by atoms with Gasteiger partial charge in [-0.2, -0.15) is 0 Å². The lowest BCUT2D eigenvalue weighted by Crippen LogP contribution is -2.59. The number of quaternary nitrogens is 1. The molecule has 0 saturated carbocycles. The van der Waals surface area contributed by atoms with Crippen LogP contribution in [0.5, 0.6) is 0 Å². The van der Waals surface area contributed by atoms with Crippen molar-refractivity contribution in [3.8, 4) is 0 Å². The van der Waals surface area contributed by atoms with E-state index in [2.05, 4.69) is 27.7 Å². The molecule has 2 heteroatoms. The molecule has 2 unspecified atom stereocenters. The van der Waals surface area contributed by atoms with Crippen molar-refractivity contribution in [2.45, 2.75) is 46.1 Å². The van der Waals surface area contributed by atoms with Gasteiger partial charge in [0.15, 0.2) is 0 Å². The van der Waals surface area contributed by atoms with Crippen LogP contribution in [0.15, 0.2) is 0 Å². The average molecular weight is 171 g/mol. The number of piperidine rings is 1. The lowest BCUT2D eigenvalue weighted by Gasteiger charge is -2.56. The van der Waals surface area contributed by atoms with Gasteiger partial charge in [0.25, 0.3) is 0 Å². The van der Waals surface area contributed by atoms with E-state index in [4.69, 9.17) is 0 Å². The van der Waals surface area contributed by atoms with Crippen molar-refractivity contribution in [2.24, 2.45) is 5.92 Å². The highest BCUT2D eigenvalue weighted by Gasteiger charge is 2.35. The number of hydroxylamine groups is 3. The Kier molecular flexibility index (Phi) is 2.50. The van der Waals surface area contributed by atoms with E-state index < -0.39 is 0 Å². The van der Waals surface area contributed by atoms with Crippen LogP contribution in [0.3, 0.4) is 0 Å². The largest absolute Gasteiger partial charge is 0.632 e. The van der Waals surface area contributed by atoms with Crippen molar-refractivity contribution >= 4 is 0 Å². The fourth-order valence-corrected chi connectivity index (χ4v) is 1.99. The van der Waals surface area contributed by atoms with Crippen LogP contribution < -0.4 is 0 Å². The number of hydrogen-bond donors (Lipinski definition) is 0. The minimum Gasteiger partial charge on any atom is -0.632 e. The first-order valence-electron chi connectivity index (χ1n) is 4.93. The van der Waals surface area contributed by atoms with Crippen molar-refractivity contribution in [3.05, 3.63) is 5.21 Å². The van der Waals surface area contributed by atoms with Gasteiger partial charge >= 0.3 is 0 Å². The Morgan fingerprint density at radius 3 is 2.25 bits per heavy atom. The smallest absolute Gasteiger partial charge is 0.0904 e. The Morgan fingerprint density at radius 2 is 1.92 bits per heavy atom. The van der Waals surface area contributed by atoms with Gasteiger partial charge in [-0.05, 0) is 33.6 Å². The van der Waals surface area contributed by atoms with Crippen molar-refractivity contribution in [1.82, 2.24) is 0 Å². The highest BCUT2D eigenvalue weighted by Crippen LogP contribution is 2.30. The van der Waals surface area contributed by atoms with Crippen LogP contribution in [-0.2, 0) is 0 Å². The summed E-state index contributed by atoms with van der Waals surface area (Å²) in [5.41, 5.74) is -0.130. The molecule has 12 heavy (non-hydrogen) atoms. The van der Waals surface area contributed by atoms with Gasteiger partial charge in [0.1, 0.15) is 0 Å². The predicted molar refractivity (Wildman–Crippen MR) is 51.5 cm³/mol. The molecule has 1 saturated heterocycles. The van der Waals surface area contributed by atoms with Crippen molar-refractivity contribution in [2.75, 3.05) is 13.1 Å². The third-order valence-corrected chi connectivity index (χ3v) is 3.05. The van der Waals surface area contributed by atoms with Gasteiger partial charge in [-0.25, -0.2) is 0 Å². The van der Waals surface area contributed by atoms with Crippen molar-refractivity contribution in [3.63, 3.8) is 0 Å². The fourth-order valence-electron chi connectivity index (χ4n) is 1.99. The number of rotatable bonds is 0. The predicted octanol–water partition coefficient (Wildman–Crippen LogP) is 2.53. The SMILES string of the molecule is CC1CCC[N+]([O-])(C(C)(C)C)C1. The first-order valence-corrected chi connectivity index (χ1v) is 4.93. The molecule has 0 aromatic carbocycles. The summed E-state index contributed by atoms with van der Waals surface area (Å²) < 4.78 is 0.00810. The molecular formula is C10H21NO. The maximum atomic E-state index is 12.3. The Balaban J connectivity index is 2.70. The zero-order valence-electron chi connectivity index (χ0n) is 8.76. The lowest BCUT2D eigenvalue weighted by atomic mass is 9.94. The van der Waals surface area contributed by atoms with Crippen LogP contribution in [0.4, 0.5) is 0 Å². The van der Waals surface area contributed by atoms with E-state index >= 15 is 0 Å². The quantitative estimate of drug-likeness (QED) is 0.406. The average Bonchev–Trinajstić information content (AvgIpc) is 1.83. The molecule has 1 rings (SSSR count). The van der Waals surface area contributed by atoms with Gasteiger partial charge in [0, 0.05) is 5.92 Å². The van der Waals surface area contributed by atoms with Gasteiger partial charge in [-0.3, -0.25) is 0 Å². The van der Waals surface area contributed by atoms with E-state index in [9.17, 15) is 5.21 Å². The summed E-state index contributed by atoms with van der Waals surface area (Å²) in [6.45, 7) is 9.97. The Labute approximate surface area is 75.7 Å². The van der Waals surface area contributed by atoms with Gasteiger partial charge in [-0.1, -0.05) is 6.92 Å². The van der Waals surface area contributed by atoms with E-state index in [-0.39, 0.29) is 10.2 Å². The molecule has 1 aliphatic rings. The number of nitrogens with zero attached hydrogens (tertiary/aromatic N) is 1. The second kappa shape index (κ2) is 3.00. The molecule has 1 fully saturated rings. The van der Waals surface area contributed by atoms with Crippen LogP contribution in [0.2, 0.25) is 0 Å². The van der Waals surface area contributed by atoms with E-state index in [1.165, 1.54) is 6.42 Å². The standard InChI is InChI=1S/C10H21NO/c1-9-6-5-7-11(12,8-9)10(2,3)4/h9H,5-8H2,1-4H3. The molecular weight excluding hydrogens is 150 g/mol. The van der Waals surface area contributed by atoms with Crippen molar-refractivity contribution < 1.29 is 4.65 Å². The maximum Gasteiger partial charge on any atom is 0.0904 e. The first kappa shape index (κ1) is 10.0. The summed E-state index contributed by atoms with van der Waals surface area (Å²) in [4.78, 5) is 0. The molecule has 2 nitrogen and oxygen atoms in total. The monoisotopic (exact) mass is 171 g/mol. The molecule has 2 atom stereocenters. The van der Waals surface area contributed by atoms with E-state index in [1.54, 1.807) is 0 Å². The van der Waals surface area contributed by atoms with Gasteiger partial charge < -0.3 is 9.85 Å². The zero-order chi connectivity index (χ0) is 9.41. The molecule has 1 aliphatic heterocycles. The van der Waals surface area contributed by atoms with Crippen molar-refractivity contribution in [1.29, 1.82) is 0 Å². The molecule has 0 radical (unpaired) electrons.